The van der Waals surface area contributed by atoms with Crippen molar-refractivity contribution in [1.82, 2.24) is 5.31 Å². The second-order valence-electron chi connectivity index (χ2n) is 4.66. The van der Waals surface area contributed by atoms with Crippen molar-refractivity contribution in [1.29, 1.82) is 0 Å². The molecule has 0 spiro atoms. The molecule has 1 N–H and O–H groups in total. The maximum absolute atomic E-state index is 12.6. The highest BCUT2D eigenvalue weighted by Gasteiger charge is 2.37. The van der Waals surface area contributed by atoms with Crippen molar-refractivity contribution < 1.29 is 14.6 Å². The van der Waals surface area contributed by atoms with E-state index in [-0.39, 0.29) is 4.90 Å². The largest absolute Gasteiger partial charge is 0.332 e. The molecule has 1 aromatic carbocycles. The lowest BCUT2D eigenvalue weighted by molar-refractivity contribution is -0.116. The van der Waals surface area contributed by atoms with Crippen LogP contribution in [0.3, 0.4) is 0 Å². The fourth-order valence-electron chi connectivity index (χ4n) is 2.19. The minimum Gasteiger partial charge on any atom is -0.332 e. The van der Waals surface area contributed by atoms with E-state index < -0.39 is 21.1 Å². The van der Waals surface area contributed by atoms with Gasteiger partial charge in [-0.25, -0.2) is 8.42 Å². The van der Waals surface area contributed by atoms with Gasteiger partial charge in [-0.3, -0.25) is 4.79 Å². The predicted octanol–water partition coefficient (Wildman–Crippen LogP) is 1.95. The molecular weight excluding hydrogens is 263 g/mol. The van der Waals surface area contributed by atoms with E-state index in [1.807, 2.05) is 6.92 Å². The summed E-state index contributed by atoms with van der Waals surface area (Å²) in [5.74, 6) is -0.523. The number of sulfone groups is 1. The van der Waals surface area contributed by atoms with Gasteiger partial charge < -0.3 is 5.31 Å². The van der Waals surface area contributed by atoms with Crippen LogP contribution in [0.1, 0.15) is 25.8 Å². The monoisotopic (exact) mass is 281 g/mol. The molecule has 1 amide bonds. The summed E-state index contributed by atoms with van der Waals surface area (Å²) in [6, 6.07) is 6.44. The van der Waals surface area contributed by atoms with Gasteiger partial charge in [0.1, 0.15) is 0 Å². The minimum absolute atomic E-state index is 0.134. The fourth-order valence-corrected chi connectivity index (χ4v) is 3.80. The van der Waals surface area contributed by atoms with Gasteiger partial charge in [-0.1, -0.05) is 24.6 Å². The second-order valence-corrected chi connectivity index (χ2v) is 6.67. The molecule has 1 aliphatic rings. The molecule has 1 aromatic rings. The van der Waals surface area contributed by atoms with E-state index in [4.69, 9.17) is 1.41 Å². The summed E-state index contributed by atoms with van der Waals surface area (Å²) < 4.78 is 33.0. The average molecular weight is 281 g/mol. The first kappa shape index (κ1) is 12.4. The van der Waals surface area contributed by atoms with E-state index >= 15 is 0 Å². The van der Waals surface area contributed by atoms with Crippen molar-refractivity contribution in [2.75, 3.05) is 0 Å². The number of aryl methyl sites for hydroxylation is 1. The molecule has 1 aliphatic heterocycles. The van der Waals surface area contributed by atoms with Crippen molar-refractivity contribution in [2.24, 2.45) is 0 Å². The van der Waals surface area contributed by atoms with Crippen LogP contribution in [0.5, 0.6) is 0 Å². The Balaban J connectivity index is 2.52. The summed E-state index contributed by atoms with van der Waals surface area (Å²) in [6.07, 6.45) is 0.431. The molecule has 5 heteroatoms. The number of carbonyl (C=O) groups is 1. The number of carbonyl (C=O) groups excluding carboxylic acids is 1. The zero-order valence-corrected chi connectivity index (χ0v) is 12.0. The van der Waals surface area contributed by atoms with Crippen LogP contribution in [0.25, 0.3) is 0 Å². The number of amides is 1. The van der Waals surface area contributed by atoms with E-state index in [0.29, 0.717) is 22.9 Å². The van der Waals surface area contributed by atoms with Gasteiger partial charge in [0.15, 0.2) is 6.79 Å². The molecule has 0 bridgehead atoms. The van der Waals surface area contributed by atoms with E-state index in [2.05, 4.69) is 0 Å². The van der Waals surface area contributed by atoms with Crippen molar-refractivity contribution in [2.45, 2.75) is 37.5 Å². The molecule has 0 radical (unpaired) electrons. The van der Waals surface area contributed by atoms with Gasteiger partial charge >= 0.3 is 0 Å². The SMILES string of the molecule is [2H][15N]1C(=O)C(CC)=C(C)C1S(=O)(=O)c1ccc(C)cc1. The predicted molar refractivity (Wildman–Crippen MR) is 73.3 cm³/mol. The summed E-state index contributed by atoms with van der Waals surface area (Å²) in [6.45, 7) is 5.26. The standard InChI is InChI=1S/C14H17NO3S/c1-4-12-10(3)14(15-13(12)16)19(17,18)11-7-5-9(2)6-8-11/h5-8,14H,4H2,1-3H3,(H,15,16)/i15+1/hD. The molecule has 4 nitrogen and oxygen atoms in total. The molecule has 0 saturated carbocycles. The lowest BCUT2D eigenvalue weighted by atomic mass is 10.1. The molecule has 1 unspecified atom stereocenters. The van der Waals surface area contributed by atoms with E-state index in [1.54, 1.807) is 26.0 Å². The Kier molecular flexibility index (Phi) is 3.14. The minimum atomic E-state index is -3.77. The maximum atomic E-state index is 12.6. The van der Waals surface area contributed by atoms with E-state index in [0.717, 1.165) is 5.56 Å². The highest BCUT2D eigenvalue weighted by molar-refractivity contribution is 7.92. The van der Waals surface area contributed by atoms with E-state index in [1.165, 1.54) is 12.1 Å². The first-order valence-electron chi connectivity index (χ1n) is 6.58. The number of hydrogen-bond acceptors (Lipinski definition) is 3. The van der Waals surface area contributed by atoms with Crippen molar-refractivity contribution in [3.05, 3.63) is 41.0 Å². The molecule has 0 fully saturated rings. The van der Waals surface area contributed by atoms with Crippen LogP contribution >= 0.6 is 0 Å². The van der Waals surface area contributed by atoms with Gasteiger partial charge in [0, 0.05) is 5.57 Å². The molecule has 0 aromatic heterocycles. The van der Waals surface area contributed by atoms with Crippen molar-refractivity contribution in [3.8, 4) is 0 Å². The molecule has 1 atom stereocenters. The van der Waals surface area contributed by atoms with Crippen LogP contribution < -0.4 is 5.31 Å². The summed E-state index contributed by atoms with van der Waals surface area (Å²) >= 11 is 0. The zero-order valence-electron chi connectivity index (χ0n) is 12.2. The van der Waals surface area contributed by atoms with Crippen LogP contribution in [0.2, 0.25) is 1.41 Å². The quantitative estimate of drug-likeness (QED) is 0.861. The Morgan fingerprint density at radius 2 is 1.84 bits per heavy atom. The van der Waals surface area contributed by atoms with Gasteiger partial charge in [-0.2, -0.15) is 0 Å². The first-order valence-corrected chi connectivity index (χ1v) is 7.68. The first-order chi connectivity index (χ1) is 9.30. The molecule has 102 valence electrons. The highest BCUT2D eigenvalue weighted by atomic mass is 32.2. The maximum Gasteiger partial charge on any atom is 0.248 e. The molecule has 0 aliphatic carbocycles. The van der Waals surface area contributed by atoms with Gasteiger partial charge in [0.2, 0.25) is 15.7 Å². The summed E-state index contributed by atoms with van der Waals surface area (Å²) in [5.41, 5.74) is 1.82. The number of nitrogens with one attached hydrogen (secondary N) is 1. The number of benzene rings is 1. The fraction of sp³-hybridized carbons (Fsp3) is 0.357. The van der Waals surface area contributed by atoms with Crippen molar-refractivity contribution in [3.63, 3.8) is 0 Å². The van der Waals surface area contributed by atoms with Crippen LogP contribution in [0.15, 0.2) is 40.3 Å². The van der Waals surface area contributed by atoms with Crippen LogP contribution in [-0.4, -0.2) is 19.7 Å². The van der Waals surface area contributed by atoms with E-state index in [9.17, 15) is 13.2 Å². The van der Waals surface area contributed by atoms with Crippen LogP contribution in [0.4, 0.5) is 0 Å². The molecular formula is C14H17NO3S. The van der Waals surface area contributed by atoms with Gasteiger partial charge in [0.05, 0.1) is 4.90 Å². The third kappa shape index (κ3) is 2.30. The number of rotatable bonds is 3. The number of hydrogen-bond donors (Lipinski definition) is 1. The normalized spacial score (nSPS) is 21.0. The Hall–Kier alpha value is -1.62. The Bertz CT molecular complexity index is 677. The smallest absolute Gasteiger partial charge is 0.248 e. The van der Waals surface area contributed by atoms with Gasteiger partial charge in [-0.15, -0.1) is 0 Å². The molecule has 2 rings (SSSR count). The summed E-state index contributed by atoms with van der Waals surface area (Å²) in [4.78, 5) is 12.0. The Labute approximate surface area is 114 Å². The molecule has 19 heavy (non-hydrogen) atoms. The summed E-state index contributed by atoms with van der Waals surface area (Å²) in [7, 11) is -3.77. The van der Waals surface area contributed by atoms with Crippen LogP contribution in [-0.2, 0) is 14.6 Å². The third-order valence-corrected chi connectivity index (χ3v) is 5.31. The third-order valence-electron chi connectivity index (χ3n) is 3.34. The second kappa shape index (κ2) is 4.81. The lowest BCUT2D eigenvalue weighted by Crippen LogP contribution is -2.35. The van der Waals surface area contributed by atoms with Crippen molar-refractivity contribution >= 4 is 15.7 Å². The topological polar surface area (TPSA) is 63.2 Å². The Morgan fingerprint density at radius 3 is 2.32 bits per heavy atom. The zero-order chi connectivity index (χ0) is 15.1. The average Bonchev–Trinajstić information content (AvgIpc) is 2.61. The van der Waals surface area contributed by atoms with Crippen LogP contribution in [0, 0.1) is 6.92 Å². The van der Waals surface area contributed by atoms with Gasteiger partial charge in [-0.05, 0) is 38.0 Å². The summed E-state index contributed by atoms with van der Waals surface area (Å²) in [5, 5.41) is -0.642. The Morgan fingerprint density at radius 1 is 1.26 bits per heavy atom. The molecule has 1 heterocycles. The molecule has 0 saturated heterocycles. The highest BCUT2D eigenvalue weighted by Crippen LogP contribution is 2.27. The van der Waals surface area contributed by atoms with Gasteiger partial charge in [0.25, 0.3) is 0 Å². The lowest BCUT2D eigenvalue weighted by Gasteiger charge is -2.14.